The molecule has 3 aromatic heterocycles. The van der Waals surface area contributed by atoms with Gasteiger partial charge in [0.05, 0.1) is 22.5 Å². The molecular weight excluding hydrogens is 412 g/mol. The molecule has 0 saturated heterocycles. The van der Waals surface area contributed by atoms with E-state index in [-0.39, 0.29) is 17.1 Å². The largest absolute Gasteiger partial charge is 0.478 e. The molecule has 0 aliphatic carbocycles. The number of rotatable bonds is 4. The molecule has 3 N–H and O–H groups in total. The van der Waals surface area contributed by atoms with Crippen LogP contribution in [0.4, 0.5) is 17.2 Å². The van der Waals surface area contributed by atoms with Gasteiger partial charge in [-0.1, -0.05) is 18.2 Å². The topological polar surface area (TPSA) is 148 Å². The molecule has 10 heteroatoms. The molecule has 0 fully saturated rings. The van der Waals surface area contributed by atoms with Crippen LogP contribution in [-0.4, -0.2) is 25.7 Å². The summed E-state index contributed by atoms with van der Waals surface area (Å²) in [5.41, 5.74) is 7.84. The van der Waals surface area contributed by atoms with Crippen LogP contribution >= 0.6 is 0 Å². The van der Waals surface area contributed by atoms with Crippen LogP contribution in [0.1, 0.15) is 10.4 Å². The minimum atomic E-state index is -1.03. The molecular formula is C22H14N6O4. The number of carboxylic acids is 1. The average Bonchev–Trinajstić information content (AvgIpc) is 3.12. The SMILES string of the molecule is Nc1nn2c(-c3cc4ccccc4oc3=O)ccnc2c1N=Nc1ccc(C(=O)O)cc1. The molecule has 3 heterocycles. The van der Waals surface area contributed by atoms with Gasteiger partial charge in [0.25, 0.3) is 0 Å². The van der Waals surface area contributed by atoms with Crippen LogP contribution in [0.2, 0.25) is 0 Å². The third-order valence-electron chi connectivity index (χ3n) is 4.82. The highest BCUT2D eigenvalue weighted by Crippen LogP contribution is 2.31. The number of aromatic carboxylic acids is 1. The molecule has 10 nitrogen and oxygen atoms in total. The number of azo groups is 1. The fraction of sp³-hybridized carbons (Fsp3) is 0. The Kier molecular flexibility index (Phi) is 4.44. The van der Waals surface area contributed by atoms with Gasteiger partial charge in [0.2, 0.25) is 0 Å². The van der Waals surface area contributed by atoms with Crippen molar-refractivity contribution >= 4 is 39.8 Å². The molecule has 2 aromatic carbocycles. The van der Waals surface area contributed by atoms with Gasteiger partial charge in [-0.3, -0.25) is 0 Å². The molecule has 0 bridgehead atoms. The van der Waals surface area contributed by atoms with E-state index in [1.54, 1.807) is 24.3 Å². The molecule has 0 amide bonds. The van der Waals surface area contributed by atoms with Crippen molar-refractivity contribution in [1.29, 1.82) is 0 Å². The summed E-state index contributed by atoms with van der Waals surface area (Å²) in [6, 6.07) is 16.4. The van der Waals surface area contributed by atoms with Crippen molar-refractivity contribution < 1.29 is 14.3 Å². The lowest BCUT2D eigenvalue weighted by Gasteiger charge is -2.04. The van der Waals surface area contributed by atoms with E-state index in [4.69, 9.17) is 15.3 Å². The van der Waals surface area contributed by atoms with Gasteiger partial charge in [-0.25, -0.2) is 19.1 Å². The quantitative estimate of drug-likeness (QED) is 0.323. The standard InChI is InChI=1S/C22H14N6O4/c23-19-18(26-25-14-7-5-12(6-8-14)21(29)30)20-24-10-9-16(28(20)27-19)15-11-13-3-1-2-4-17(13)32-22(15)31/h1-11H,(H2,23,27)(H,29,30). The third-order valence-corrected chi connectivity index (χ3v) is 4.82. The van der Waals surface area contributed by atoms with E-state index in [1.165, 1.54) is 35.0 Å². The van der Waals surface area contributed by atoms with Crippen LogP contribution in [0.25, 0.3) is 27.9 Å². The lowest BCUT2D eigenvalue weighted by Crippen LogP contribution is -2.07. The van der Waals surface area contributed by atoms with Crippen molar-refractivity contribution in [2.45, 2.75) is 0 Å². The zero-order valence-corrected chi connectivity index (χ0v) is 16.3. The van der Waals surface area contributed by atoms with Crippen molar-refractivity contribution in [2.75, 3.05) is 5.73 Å². The predicted octanol–water partition coefficient (Wildman–Crippen LogP) is 4.20. The van der Waals surface area contributed by atoms with Crippen LogP contribution in [-0.2, 0) is 0 Å². The van der Waals surface area contributed by atoms with Crippen molar-refractivity contribution in [3.05, 3.63) is 82.8 Å². The summed E-state index contributed by atoms with van der Waals surface area (Å²) in [5, 5.41) is 22.3. The van der Waals surface area contributed by atoms with Gasteiger partial charge >= 0.3 is 11.6 Å². The van der Waals surface area contributed by atoms with E-state index in [2.05, 4.69) is 20.3 Å². The first-order chi connectivity index (χ1) is 15.5. The Morgan fingerprint density at radius 3 is 2.62 bits per heavy atom. The van der Waals surface area contributed by atoms with Crippen LogP contribution in [0.15, 0.2) is 86.3 Å². The minimum absolute atomic E-state index is 0.0704. The first-order valence-electron chi connectivity index (χ1n) is 9.43. The fourth-order valence-electron chi connectivity index (χ4n) is 3.27. The molecule has 156 valence electrons. The Balaban J connectivity index is 1.60. The number of hydrogen-bond acceptors (Lipinski definition) is 8. The Bertz CT molecular complexity index is 1580. The van der Waals surface area contributed by atoms with Crippen LogP contribution in [0.5, 0.6) is 0 Å². The Labute approximate surface area is 179 Å². The highest BCUT2D eigenvalue weighted by molar-refractivity contribution is 5.88. The lowest BCUT2D eigenvalue weighted by atomic mass is 10.1. The molecule has 5 rings (SSSR count). The second kappa shape index (κ2) is 7.43. The van der Waals surface area contributed by atoms with E-state index >= 15 is 0 Å². The first kappa shape index (κ1) is 19.1. The maximum atomic E-state index is 12.6. The summed E-state index contributed by atoms with van der Waals surface area (Å²) in [7, 11) is 0. The zero-order valence-electron chi connectivity index (χ0n) is 16.3. The monoisotopic (exact) mass is 426 g/mol. The van der Waals surface area contributed by atoms with Crippen LogP contribution in [0, 0.1) is 0 Å². The summed E-state index contributed by atoms with van der Waals surface area (Å²) in [6.45, 7) is 0. The van der Waals surface area contributed by atoms with Gasteiger partial charge in [-0.05, 0) is 42.5 Å². The normalized spacial score (nSPS) is 11.5. The second-order valence-electron chi connectivity index (χ2n) is 6.84. The number of para-hydroxylation sites is 1. The lowest BCUT2D eigenvalue weighted by molar-refractivity contribution is 0.0697. The van der Waals surface area contributed by atoms with E-state index < -0.39 is 11.6 Å². The molecule has 0 aliphatic rings. The average molecular weight is 426 g/mol. The second-order valence-corrected chi connectivity index (χ2v) is 6.84. The Morgan fingerprint density at radius 1 is 1.06 bits per heavy atom. The molecule has 5 aromatic rings. The van der Waals surface area contributed by atoms with Crippen LogP contribution in [0.3, 0.4) is 0 Å². The van der Waals surface area contributed by atoms with E-state index in [0.29, 0.717) is 28.2 Å². The molecule has 32 heavy (non-hydrogen) atoms. The van der Waals surface area contributed by atoms with Crippen molar-refractivity contribution in [2.24, 2.45) is 10.2 Å². The number of carbonyl (C=O) groups is 1. The predicted molar refractivity (Wildman–Crippen MR) is 116 cm³/mol. The molecule has 0 saturated carbocycles. The van der Waals surface area contributed by atoms with E-state index in [1.807, 2.05) is 12.1 Å². The maximum Gasteiger partial charge on any atom is 0.345 e. The Morgan fingerprint density at radius 2 is 1.84 bits per heavy atom. The summed E-state index contributed by atoms with van der Waals surface area (Å²) < 4.78 is 6.85. The molecule has 0 aliphatic heterocycles. The number of hydrogen-bond donors (Lipinski definition) is 2. The number of nitrogens with two attached hydrogens (primary N) is 1. The number of benzene rings is 2. The highest BCUT2D eigenvalue weighted by atomic mass is 16.4. The first-order valence-corrected chi connectivity index (χ1v) is 9.43. The van der Waals surface area contributed by atoms with Gasteiger partial charge in [-0.2, -0.15) is 5.11 Å². The summed E-state index contributed by atoms with van der Waals surface area (Å²) in [5.74, 6) is -0.962. The third kappa shape index (κ3) is 3.25. The number of nitrogen functional groups attached to an aromatic ring is 1. The van der Waals surface area contributed by atoms with Gasteiger partial charge in [0.15, 0.2) is 17.2 Å². The summed E-state index contributed by atoms with van der Waals surface area (Å²) >= 11 is 0. The number of fused-ring (bicyclic) bond motifs is 2. The number of nitrogens with zero attached hydrogens (tertiary/aromatic N) is 5. The van der Waals surface area contributed by atoms with Crippen molar-refractivity contribution in [3.8, 4) is 11.3 Å². The van der Waals surface area contributed by atoms with Crippen molar-refractivity contribution in [3.63, 3.8) is 0 Å². The minimum Gasteiger partial charge on any atom is -0.478 e. The summed E-state index contributed by atoms with van der Waals surface area (Å²) in [4.78, 5) is 27.9. The zero-order chi connectivity index (χ0) is 22.2. The molecule has 0 radical (unpaired) electrons. The Hall–Kier alpha value is -4.86. The molecule has 0 unspecified atom stereocenters. The molecule has 0 atom stereocenters. The maximum absolute atomic E-state index is 12.6. The highest BCUT2D eigenvalue weighted by Gasteiger charge is 2.17. The smallest absolute Gasteiger partial charge is 0.345 e. The molecule has 0 spiro atoms. The van der Waals surface area contributed by atoms with Gasteiger partial charge in [0, 0.05) is 11.6 Å². The van der Waals surface area contributed by atoms with Gasteiger partial charge < -0.3 is 15.3 Å². The number of aromatic nitrogens is 3. The fourth-order valence-corrected chi connectivity index (χ4v) is 3.27. The summed E-state index contributed by atoms with van der Waals surface area (Å²) in [6.07, 6.45) is 1.51. The van der Waals surface area contributed by atoms with Crippen LogP contribution < -0.4 is 11.4 Å². The van der Waals surface area contributed by atoms with Gasteiger partial charge in [0.1, 0.15) is 5.58 Å². The number of carboxylic acid groups (broad SMARTS) is 1. The number of anilines is 1. The van der Waals surface area contributed by atoms with Crippen molar-refractivity contribution in [1.82, 2.24) is 14.6 Å². The van der Waals surface area contributed by atoms with E-state index in [9.17, 15) is 9.59 Å². The van der Waals surface area contributed by atoms with E-state index in [0.717, 1.165) is 5.39 Å². The van der Waals surface area contributed by atoms with Gasteiger partial charge in [-0.15, -0.1) is 10.2 Å².